The Morgan fingerprint density at radius 2 is 2.18 bits per heavy atom. The van der Waals surface area contributed by atoms with Crippen LogP contribution in [0, 0.1) is 16.0 Å². The van der Waals surface area contributed by atoms with E-state index in [1.165, 1.54) is 25.3 Å². The van der Waals surface area contributed by atoms with E-state index >= 15 is 0 Å². The fraction of sp³-hybridized carbons (Fsp3) is 0.500. The maximum Gasteiger partial charge on any atom is 0.283 e. The van der Waals surface area contributed by atoms with Gasteiger partial charge >= 0.3 is 0 Å². The minimum absolute atomic E-state index is 0.159. The quantitative estimate of drug-likeness (QED) is 0.452. The van der Waals surface area contributed by atoms with Gasteiger partial charge in [0.1, 0.15) is 0 Å². The lowest BCUT2D eigenvalue weighted by Crippen LogP contribution is -2.10. The van der Waals surface area contributed by atoms with Crippen molar-refractivity contribution in [3.63, 3.8) is 0 Å². The molecular weight excluding hydrogens is 350 g/mol. The molecule has 0 N–H and O–H groups in total. The van der Waals surface area contributed by atoms with Crippen LogP contribution in [0.5, 0.6) is 0 Å². The van der Waals surface area contributed by atoms with Crippen molar-refractivity contribution in [1.82, 2.24) is 0 Å². The molecule has 1 aromatic carbocycles. The van der Waals surface area contributed by atoms with Gasteiger partial charge in [-0.2, -0.15) is 0 Å². The van der Waals surface area contributed by atoms with E-state index in [9.17, 15) is 10.1 Å². The second-order valence-electron chi connectivity index (χ2n) is 4.42. The number of nitrogens with zero attached hydrogens (tertiary/aromatic N) is 1. The molecule has 2 unspecified atom stereocenters. The zero-order valence-electron chi connectivity index (χ0n) is 9.23. The van der Waals surface area contributed by atoms with Gasteiger partial charge in [0.25, 0.3) is 5.69 Å². The maximum absolute atomic E-state index is 10.8. The predicted molar refractivity (Wildman–Crippen MR) is 74.6 cm³/mol. The molecule has 5 heteroatoms. The lowest BCUT2D eigenvalue weighted by Gasteiger charge is -2.14. The highest BCUT2D eigenvalue weighted by molar-refractivity contribution is 9.10. The van der Waals surface area contributed by atoms with E-state index in [0.717, 1.165) is 12.0 Å². The third-order valence-electron chi connectivity index (χ3n) is 3.30. The molecular formula is C12H13Br2NO2. The van der Waals surface area contributed by atoms with Crippen molar-refractivity contribution in [2.75, 3.05) is 0 Å². The first-order valence-electron chi connectivity index (χ1n) is 5.65. The van der Waals surface area contributed by atoms with E-state index in [0.29, 0.717) is 15.2 Å². The van der Waals surface area contributed by atoms with Gasteiger partial charge in [-0.15, -0.1) is 0 Å². The summed E-state index contributed by atoms with van der Waals surface area (Å²) in [6.07, 6.45) is 4.55. The fourth-order valence-electron chi connectivity index (χ4n) is 2.37. The van der Waals surface area contributed by atoms with E-state index in [2.05, 4.69) is 31.9 Å². The van der Waals surface area contributed by atoms with Crippen LogP contribution >= 0.6 is 31.9 Å². The topological polar surface area (TPSA) is 43.1 Å². The smallest absolute Gasteiger partial charge is 0.258 e. The van der Waals surface area contributed by atoms with Crippen LogP contribution in [0.3, 0.4) is 0 Å². The molecule has 0 heterocycles. The Morgan fingerprint density at radius 3 is 2.76 bits per heavy atom. The molecule has 1 aliphatic carbocycles. The van der Waals surface area contributed by atoms with Gasteiger partial charge in [-0.1, -0.05) is 34.5 Å². The Bertz CT molecular complexity index is 437. The second kappa shape index (κ2) is 5.48. The Kier molecular flexibility index (Phi) is 4.20. The molecule has 1 fully saturated rings. The van der Waals surface area contributed by atoms with Crippen LogP contribution < -0.4 is 0 Å². The standard InChI is InChI=1S/C12H13Br2NO2/c13-10-5-1-3-8(10)7-9-4-2-6-11(12(9)14)15(16)17/h2,4,6,8,10H,1,3,5,7H2. The average molecular weight is 363 g/mol. The van der Waals surface area contributed by atoms with E-state index in [4.69, 9.17) is 0 Å². The Hall–Kier alpha value is -0.420. The lowest BCUT2D eigenvalue weighted by molar-refractivity contribution is -0.385. The van der Waals surface area contributed by atoms with Crippen LogP contribution in [-0.4, -0.2) is 9.75 Å². The first kappa shape index (κ1) is 13.0. The first-order chi connectivity index (χ1) is 8.09. The van der Waals surface area contributed by atoms with Gasteiger partial charge in [0.15, 0.2) is 0 Å². The zero-order chi connectivity index (χ0) is 12.4. The summed E-state index contributed by atoms with van der Waals surface area (Å²) in [5, 5.41) is 10.8. The van der Waals surface area contributed by atoms with Crippen molar-refractivity contribution in [3.8, 4) is 0 Å². The Morgan fingerprint density at radius 1 is 1.41 bits per heavy atom. The number of benzene rings is 1. The van der Waals surface area contributed by atoms with E-state index in [-0.39, 0.29) is 10.6 Å². The summed E-state index contributed by atoms with van der Waals surface area (Å²) in [5.74, 6) is 0.591. The normalized spacial score (nSPS) is 23.9. The third-order valence-corrected chi connectivity index (χ3v) is 5.42. The van der Waals surface area contributed by atoms with E-state index < -0.39 is 0 Å². The maximum atomic E-state index is 10.8. The minimum atomic E-state index is -0.339. The molecule has 0 saturated heterocycles. The molecule has 0 radical (unpaired) electrons. The average Bonchev–Trinajstić information content (AvgIpc) is 2.67. The van der Waals surface area contributed by atoms with Crippen molar-refractivity contribution in [3.05, 3.63) is 38.3 Å². The monoisotopic (exact) mass is 361 g/mol. The molecule has 1 saturated carbocycles. The number of hydrogen-bond acceptors (Lipinski definition) is 2. The van der Waals surface area contributed by atoms with Gasteiger partial charge in [0.2, 0.25) is 0 Å². The van der Waals surface area contributed by atoms with Gasteiger partial charge in [-0.25, -0.2) is 0 Å². The van der Waals surface area contributed by atoms with Gasteiger partial charge in [-0.3, -0.25) is 10.1 Å². The molecule has 92 valence electrons. The van der Waals surface area contributed by atoms with Gasteiger partial charge < -0.3 is 0 Å². The predicted octanol–water partition coefficient (Wildman–Crippen LogP) is 4.46. The van der Waals surface area contributed by atoms with Crippen molar-refractivity contribution in [2.45, 2.75) is 30.5 Å². The van der Waals surface area contributed by atoms with Crippen LogP contribution in [0.4, 0.5) is 5.69 Å². The van der Waals surface area contributed by atoms with Crippen molar-refractivity contribution in [2.24, 2.45) is 5.92 Å². The van der Waals surface area contributed by atoms with Crippen molar-refractivity contribution >= 4 is 37.5 Å². The van der Waals surface area contributed by atoms with Crippen molar-refractivity contribution < 1.29 is 4.92 Å². The highest BCUT2D eigenvalue weighted by Crippen LogP contribution is 2.37. The third kappa shape index (κ3) is 2.88. The number of alkyl halides is 1. The fourth-order valence-corrected chi connectivity index (χ4v) is 3.71. The summed E-state index contributed by atoms with van der Waals surface area (Å²) in [4.78, 5) is 11.1. The van der Waals surface area contributed by atoms with Crippen LogP contribution in [0.1, 0.15) is 24.8 Å². The second-order valence-corrected chi connectivity index (χ2v) is 6.39. The summed E-state index contributed by atoms with van der Waals surface area (Å²) < 4.78 is 0.636. The van der Waals surface area contributed by atoms with E-state index in [1.54, 1.807) is 6.07 Å². The number of halogens is 2. The largest absolute Gasteiger partial charge is 0.283 e. The molecule has 0 aliphatic heterocycles. The van der Waals surface area contributed by atoms with Gasteiger partial charge in [0, 0.05) is 10.9 Å². The molecule has 1 aliphatic rings. The highest BCUT2D eigenvalue weighted by Gasteiger charge is 2.26. The van der Waals surface area contributed by atoms with Crippen LogP contribution in [0.2, 0.25) is 0 Å². The molecule has 2 rings (SSSR count). The van der Waals surface area contributed by atoms with Gasteiger partial charge in [-0.05, 0) is 46.7 Å². The molecule has 0 bridgehead atoms. The minimum Gasteiger partial charge on any atom is -0.258 e. The summed E-state index contributed by atoms with van der Waals surface area (Å²) in [6.45, 7) is 0. The van der Waals surface area contributed by atoms with Crippen LogP contribution in [0.25, 0.3) is 0 Å². The molecule has 2 atom stereocenters. The van der Waals surface area contributed by atoms with Crippen LogP contribution in [-0.2, 0) is 6.42 Å². The van der Waals surface area contributed by atoms with Gasteiger partial charge in [0.05, 0.1) is 9.40 Å². The molecule has 0 amide bonds. The highest BCUT2D eigenvalue weighted by atomic mass is 79.9. The Labute approximate surface area is 117 Å². The molecule has 0 aromatic heterocycles. The summed E-state index contributed by atoms with van der Waals surface area (Å²) >= 11 is 7.04. The number of hydrogen-bond donors (Lipinski definition) is 0. The zero-order valence-corrected chi connectivity index (χ0v) is 12.4. The number of rotatable bonds is 3. The molecule has 0 spiro atoms. The SMILES string of the molecule is O=[N+]([O-])c1cccc(CC2CCCC2Br)c1Br. The molecule has 17 heavy (non-hydrogen) atoms. The van der Waals surface area contributed by atoms with Crippen LogP contribution in [0.15, 0.2) is 22.7 Å². The number of nitro benzene ring substituents is 1. The number of nitro groups is 1. The summed E-state index contributed by atoms with van der Waals surface area (Å²) in [5.41, 5.74) is 1.20. The summed E-state index contributed by atoms with van der Waals surface area (Å²) in [6, 6.07) is 5.26. The summed E-state index contributed by atoms with van der Waals surface area (Å²) in [7, 11) is 0. The van der Waals surface area contributed by atoms with E-state index in [1.807, 2.05) is 6.07 Å². The van der Waals surface area contributed by atoms with Crippen molar-refractivity contribution in [1.29, 1.82) is 0 Å². The Balaban J connectivity index is 2.21. The first-order valence-corrected chi connectivity index (χ1v) is 7.36. The lowest BCUT2D eigenvalue weighted by atomic mass is 9.98. The molecule has 1 aromatic rings. The molecule has 3 nitrogen and oxygen atoms in total.